The summed E-state index contributed by atoms with van der Waals surface area (Å²) < 4.78 is 40.7. The minimum absolute atomic E-state index is 0.104. The predicted molar refractivity (Wildman–Crippen MR) is 157 cm³/mol. The van der Waals surface area contributed by atoms with Crippen molar-refractivity contribution in [2.24, 2.45) is 0 Å². The SMILES string of the molecule is CCCOc1cc(C(=O)OC(=O)c2cc(OCCC)c(OCCC)c(OCCC)c2)cc(OCCC)c1OCCC. The van der Waals surface area contributed by atoms with Gasteiger partial charge in [0.15, 0.2) is 23.0 Å². The molecule has 0 saturated heterocycles. The summed E-state index contributed by atoms with van der Waals surface area (Å²) in [6.45, 7) is 14.5. The predicted octanol–water partition coefficient (Wildman–Crippen LogP) is 7.42. The van der Waals surface area contributed by atoms with Gasteiger partial charge in [0.1, 0.15) is 0 Å². The Kier molecular flexibility index (Phi) is 15.3. The third-order valence-electron chi connectivity index (χ3n) is 5.45. The van der Waals surface area contributed by atoms with Gasteiger partial charge in [0, 0.05) is 0 Å². The maximum absolute atomic E-state index is 13.2. The first kappa shape index (κ1) is 33.6. The summed E-state index contributed by atoms with van der Waals surface area (Å²) >= 11 is 0. The molecule has 0 aromatic heterocycles. The summed E-state index contributed by atoms with van der Waals surface area (Å²) in [5.41, 5.74) is 0.208. The number of benzene rings is 2. The van der Waals surface area contributed by atoms with Gasteiger partial charge in [0.25, 0.3) is 0 Å². The third kappa shape index (κ3) is 10.4. The van der Waals surface area contributed by atoms with Crippen LogP contribution in [0, 0.1) is 0 Å². The van der Waals surface area contributed by atoms with Gasteiger partial charge in [-0.25, -0.2) is 9.59 Å². The van der Waals surface area contributed by atoms with Crippen molar-refractivity contribution in [3.05, 3.63) is 35.4 Å². The molecule has 0 amide bonds. The van der Waals surface area contributed by atoms with E-state index in [1.165, 1.54) is 24.3 Å². The van der Waals surface area contributed by atoms with Crippen molar-refractivity contribution in [2.45, 2.75) is 80.1 Å². The molecular weight excluding hydrogens is 528 g/mol. The molecule has 9 heteroatoms. The smallest absolute Gasteiger partial charge is 0.346 e. The van der Waals surface area contributed by atoms with Crippen molar-refractivity contribution in [2.75, 3.05) is 39.6 Å². The molecule has 0 unspecified atom stereocenters. The van der Waals surface area contributed by atoms with E-state index in [9.17, 15) is 9.59 Å². The van der Waals surface area contributed by atoms with Crippen molar-refractivity contribution < 1.29 is 42.7 Å². The van der Waals surface area contributed by atoms with Crippen molar-refractivity contribution in [1.29, 1.82) is 0 Å². The van der Waals surface area contributed by atoms with E-state index in [2.05, 4.69) is 0 Å². The molecule has 2 rings (SSSR count). The van der Waals surface area contributed by atoms with E-state index in [0.717, 1.165) is 38.5 Å². The van der Waals surface area contributed by atoms with Gasteiger partial charge >= 0.3 is 11.9 Å². The number of hydrogen-bond acceptors (Lipinski definition) is 9. The standard InChI is InChI=1S/C32H46O9/c1-7-13-35-25-19-23(20-26(36-14-8-2)29(25)39-17-11-5)31(33)41-32(34)24-21-27(37-15-9-3)30(40-18-12-6)28(22-24)38-16-10-4/h19-22H,7-18H2,1-6H3. The first-order chi connectivity index (χ1) is 19.9. The number of carbonyl (C=O) groups excluding carboxylic acids is 2. The molecule has 2 aromatic carbocycles. The molecule has 0 spiro atoms. The van der Waals surface area contributed by atoms with E-state index in [4.69, 9.17) is 33.2 Å². The monoisotopic (exact) mass is 574 g/mol. The molecule has 0 bridgehead atoms. The van der Waals surface area contributed by atoms with Crippen LogP contribution in [0.15, 0.2) is 24.3 Å². The number of ether oxygens (including phenoxy) is 7. The molecule has 0 heterocycles. The topological polar surface area (TPSA) is 98.8 Å². The maximum atomic E-state index is 13.2. The van der Waals surface area contributed by atoms with Gasteiger partial charge in [0.05, 0.1) is 50.8 Å². The van der Waals surface area contributed by atoms with Gasteiger partial charge in [-0.1, -0.05) is 41.5 Å². The second-order valence-corrected chi connectivity index (χ2v) is 9.37. The zero-order valence-electron chi connectivity index (χ0n) is 25.5. The molecule has 0 aliphatic carbocycles. The molecule has 0 saturated carbocycles. The van der Waals surface area contributed by atoms with Gasteiger partial charge < -0.3 is 33.2 Å². The molecule has 9 nitrogen and oxygen atoms in total. The fourth-order valence-corrected chi connectivity index (χ4v) is 3.56. The summed E-state index contributed by atoms with van der Waals surface area (Å²) in [4.78, 5) is 26.5. The van der Waals surface area contributed by atoms with Crippen LogP contribution in [0.4, 0.5) is 0 Å². The van der Waals surface area contributed by atoms with Crippen LogP contribution in [-0.2, 0) is 4.74 Å². The van der Waals surface area contributed by atoms with Gasteiger partial charge in [-0.3, -0.25) is 0 Å². The van der Waals surface area contributed by atoms with Gasteiger partial charge in [-0.2, -0.15) is 0 Å². The molecular formula is C32H46O9. The van der Waals surface area contributed by atoms with Crippen LogP contribution in [-0.4, -0.2) is 51.6 Å². The van der Waals surface area contributed by atoms with E-state index >= 15 is 0 Å². The summed E-state index contributed by atoms with van der Waals surface area (Å²) in [6, 6.07) is 6.06. The van der Waals surface area contributed by atoms with Crippen molar-refractivity contribution in [3.8, 4) is 34.5 Å². The first-order valence-electron chi connectivity index (χ1n) is 14.8. The Bertz CT molecular complexity index is 953. The molecule has 0 aliphatic heterocycles. The Labute approximate surface area is 244 Å². The average molecular weight is 575 g/mol. The Morgan fingerprint density at radius 1 is 0.439 bits per heavy atom. The Balaban J connectivity index is 2.45. The summed E-state index contributed by atoms with van der Waals surface area (Å²) in [5.74, 6) is 0.584. The Morgan fingerprint density at radius 2 is 0.683 bits per heavy atom. The molecule has 2 aromatic rings. The quantitative estimate of drug-likeness (QED) is 0.118. The number of carbonyl (C=O) groups is 2. The van der Waals surface area contributed by atoms with Crippen LogP contribution < -0.4 is 28.4 Å². The fourth-order valence-electron chi connectivity index (χ4n) is 3.56. The Hall–Kier alpha value is -3.62. The highest BCUT2D eigenvalue weighted by molar-refractivity contribution is 6.03. The normalized spacial score (nSPS) is 10.6. The lowest BCUT2D eigenvalue weighted by Crippen LogP contribution is -2.15. The van der Waals surface area contributed by atoms with E-state index < -0.39 is 11.9 Å². The fraction of sp³-hybridized carbons (Fsp3) is 0.562. The largest absolute Gasteiger partial charge is 0.490 e. The van der Waals surface area contributed by atoms with Crippen molar-refractivity contribution in [1.82, 2.24) is 0 Å². The minimum Gasteiger partial charge on any atom is -0.490 e. The number of esters is 2. The summed E-state index contributed by atoms with van der Waals surface area (Å²) in [5, 5.41) is 0. The molecule has 0 radical (unpaired) electrons. The zero-order chi connectivity index (χ0) is 30.0. The molecule has 228 valence electrons. The lowest BCUT2D eigenvalue weighted by atomic mass is 10.1. The minimum atomic E-state index is -0.849. The second-order valence-electron chi connectivity index (χ2n) is 9.37. The first-order valence-corrected chi connectivity index (χ1v) is 14.8. The van der Waals surface area contributed by atoms with Crippen LogP contribution in [0.2, 0.25) is 0 Å². The van der Waals surface area contributed by atoms with Gasteiger partial charge in [-0.05, 0) is 62.8 Å². The average Bonchev–Trinajstić information content (AvgIpc) is 2.98. The number of rotatable bonds is 20. The van der Waals surface area contributed by atoms with Crippen LogP contribution >= 0.6 is 0 Å². The Morgan fingerprint density at radius 3 is 0.927 bits per heavy atom. The third-order valence-corrected chi connectivity index (χ3v) is 5.45. The lowest BCUT2D eigenvalue weighted by molar-refractivity contribution is 0.0396. The molecule has 0 atom stereocenters. The van der Waals surface area contributed by atoms with Crippen LogP contribution in [0.3, 0.4) is 0 Å². The summed E-state index contributed by atoms with van der Waals surface area (Å²) in [6.07, 6.45) is 4.61. The second kappa shape index (κ2) is 18.7. The highest BCUT2D eigenvalue weighted by atomic mass is 16.6. The molecule has 0 fully saturated rings. The number of hydrogen-bond donors (Lipinski definition) is 0. The van der Waals surface area contributed by atoms with Gasteiger partial charge in [0.2, 0.25) is 11.5 Å². The van der Waals surface area contributed by atoms with E-state index in [0.29, 0.717) is 74.1 Å². The van der Waals surface area contributed by atoms with Crippen LogP contribution in [0.5, 0.6) is 34.5 Å². The molecule has 0 aliphatic rings. The summed E-state index contributed by atoms with van der Waals surface area (Å²) in [7, 11) is 0. The van der Waals surface area contributed by atoms with E-state index in [1.54, 1.807) is 0 Å². The van der Waals surface area contributed by atoms with Crippen molar-refractivity contribution >= 4 is 11.9 Å². The van der Waals surface area contributed by atoms with Gasteiger partial charge in [-0.15, -0.1) is 0 Å². The zero-order valence-corrected chi connectivity index (χ0v) is 25.5. The molecule has 0 N–H and O–H groups in total. The van der Waals surface area contributed by atoms with E-state index in [1.807, 2.05) is 41.5 Å². The van der Waals surface area contributed by atoms with Crippen LogP contribution in [0.1, 0.15) is 101 Å². The highest BCUT2D eigenvalue weighted by Gasteiger charge is 2.24. The van der Waals surface area contributed by atoms with E-state index in [-0.39, 0.29) is 11.1 Å². The highest BCUT2D eigenvalue weighted by Crippen LogP contribution is 2.41. The maximum Gasteiger partial charge on any atom is 0.346 e. The lowest BCUT2D eigenvalue weighted by Gasteiger charge is -2.18. The molecule has 41 heavy (non-hydrogen) atoms. The van der Waals surface area contributed by atoms with Crippen molar-refractivity contribution in [3.63, 3.8) is 0 Å². The van der Waals surface area contributed by atoms with Crippen LogP contribution in [0.25, 0.3) is 0 Å².